The number of pyridine rings is 2. The lowest BCUT2D eigenvalue weighted by Crippen LogP contribution is -2.34. The van der Waals surface area contributed by atoms with Crippen molar-refractivity contribution in [2.45, 2.75) is 31.8 Å². The molecule has 1 aliphatic rings. The molecule has 0 spiro atoms. The van der Waals surface area contributed by atoms with Crippen molar-refractivity contribution >= 4 is 11.3 Å². The average molecular weight is 399 g/mol. The second-order valence-electron chi connectivity index (χ2n) is 7.97. The van der Waals surface area contributed by atoms with Crippen LogP contribution in [0.1, 0.15) is 35.7 Å². The molecule has 3 aromatic heterocycles. The van der Waals surface area contributed by atoms with Crippen LogP contribution in [0.4, 0.5) is 5.69 Å². The van der Waals surface area contributed by atoms with Gasteiger partial charge in [-0.1, -0.05) is 36.4 Å². The Morgan fingerprint density at radius 1 is 1.00 bits per heavy atom. The highest BCUT2D eigenvalue weighted by molar-refractivity contribution is 5.49. The molecule has 1 fully saturated rings. The molecule has 0 aliphatic carbocycles. The van der Waals surface area contributed by atoms with Crippen molar-refractivity contribution in [2.24, 2.45) is 0 Å². The van der Waals surface area contributed by atoms with Crippen LogP contribution in [-0.2, 0) is 13.1 Å². The van der Waals surface area contributed by atoms with Gasteiger partial charge in [0.2, 0.25) is 0 Å². The minimum atomic E-state index is 0.371. The fraction of sp³-hybridized carbons (Fsp3) is 0.292. The van der Waals surface area contributed by atoms with Gasteiger partial charge in [0.15, 0.2) is 11.5 Å². The van der Waals surface area contributed by atoms with Crippen molar-refractivity contribution in [1.29, 1.82) is 0 Å². The van der Waals surface area contributed by atoms with E-state index < -0.39 is 0 Å². The molecule has 0 saturated carbocycles. The number of rotatable bonds is 6. The van der Waals surface area contributed by atoms with Crippen molar-refractivity contribution in [2.75, 3.05) is 18.4 Å². The summed E-state index contributed by atoms with van der Waals surface area (Å²) in [6.07, 6.45) is 8.12. The maximum absolute atomic E-state index is 4.82. The van der Waals surface area contributed by atoms with Gasteiger partial charge in [-0.15, -0.1) is 0 Å². The molecule has 0 bridgehead atoms. The summed E-state index contributed by atoms with van der Waals surface area (Å²) in [7, 11) is 0. The van der Waals surface area contributed by atoms with Crippen LogP contribution in [-0.4, -0.2) is 37.6 Å². The Hall–Kier alpha value is -3.25. The van der Waals surface area contributed by atoms with Gasteiger partial charge in [0, 0.05) is 37.9 Å². The van der Waals surface area contributed by atoms with Crippen molar-refractivity contribution in [3.05, 3.63) is 90.1 Å². The third-order valence-electron chi connectivity index (χ3n) is 5.69. The molecule has 4 aromatic rings. The van der Waals surface area contributed by atoms with Gasteiger partial charge in [0.25, 0.3) is 0 Å². The Morgan fingerprint density at radius 3 is 2.77 bits per heavy atom. The Bertz CT molecular complexity index is 1090. The number of nitrogens with zero attached hydrogens (tertiary/aromatic N) is 5. The Kier molecular flexibility index (Phi) is 5.40. The van der Waals surface area contributed by atoms with Crippen molar-refractivity contribution in [3.63, 3.8) is 0 Å². The van der Waals surface area contributed by atoms with E-state index in [9.17, 15) is 0 Å². The third-order valence-corrected chi connectivity index (χ3v) is 5.69. The first-order chi connectivity index (χ1) is 14.8. The first-order valence-corrected chi connectivity index (χ1v) is 10.6. The Labute approximate surface area is 176 Å². The lowest BCUT2D eigenvalue weighted by Gasteiger charge is -2.31. The highest BCUT2D eigenvalue weighted by Gasteiger charge is 2.24. The molecule has 4 heterocycles. The lowest BCUT2D eigenvalue weighted by molar-refractivity contribution is 0.196. The van der Waals surface area contributed by atoms with Crippen molar-refractivity contribution in [3.8, 4) is 0 Å². The monoisotopic (exact) mass is 398 g/mol. The number of likely N-dealkylation sites (tertiary alicyclic amines) is 1. The van der Waals surface area contributed by atoms with Gasteiger partial charge in [0.1, 0.15) is 0 Å². The molecule has 0 amide bonds. The quantitative estimate of drug-likeness (QED) is 0.530. The zero-order chi connectivity index (χ0) is 20.2. The summed E-state index contributed by atoms with van der Waals surface area (Å²) < 4.78 is 1.91. The summed E-state index contributed by atoms with van der Waals surface area (Å²) in [5.74, 6) is 1.32. The van der Waals surface area contributed by atoms with Crippen molar-refractivity contribution in [1.82, 2.24) is 24.5 Å². The predicted octanol–water partition coefficient (Wildman–Crippen LogP) is 4.12. The summed E-state index contributed by atoms with van der Waals surface area (Å²) in [6, 6.07) is 18.7. The number of nitrogens with one attached hydrogen (secondary N) is 1. The summed E-state index contributed by atoms with van der Waals surface area (Å²) in [5, 5.41) is 8.29. The van der Waals surface area contributed by atoms with Crippen LogP contribution in [0.15, 0.2) is 73.2 Å². The average Bonchev–Trinajstić information content (AvgIpc) is 3.23. The van der Waals surface area contributed by atoms with E-state index in [4.69, 9.17) is 10.1 Å². The Balaban J connectivity index is 1.27. The minimum absolute atomic E-state index is 0.371. The molecule has 1 N–H and O–H groups in total. The standard InChI is InChI=1S/C24H26N6/c1-2-6-19(7-3-1)15-26-22-10-11-23-27-24(28-30(23)18-22)21-9-5-13-29(17-21)16-20-8-4-12-25-14-20/h1-4,6-8,10-12,14,18,21,26H,5,9,13,15-17H2/t21-/m1/s1. The number of hydrogen-bond donors (Lipinski definition) is 1. The molecular formula is C24H26N6. The predicted molar refractivity (Wildman–Crippen MR) is 118 cm³/mol. The van der Waals surface area contributed by atoms with Crippen LogP contribution in [0.25, 0.3) is 5.65 Å². The van der Waals surface area contributed by atoms with E-state index in [0.29, 0.717) is 5.92 Å². The van der Waals surface area contributed by atoms with Gasteiger partial charge in [-0.05, 0) is 48.7 Å². The van der Waals surface area contributed by atoms with E-state index in [1.54, 1.807) is 0 Å². The van der Waals surface area contributed by atoms with E-state index >= 15 is 0 Å². The molecule has 1 aliphatic heterocycles. The largest absolute Gasteiger partial charge is 0.380 e. The number of hydrogen-bond acceptors (Lipinski definition) is 5. The molecule has 1 saturated heterocycles. The van der Waals surface area contributed by atoms with Crippen molar-refractivity contribution < 1.29 is 0 Å². The number of aromatic nitrogens is 4. The summed E-state index contributed by atoms with van der Waals surface area (Å²) in [5.41, 5.74) is 4.47. The minimum Gasteiger partial charge on any atom is -0.380 e. The SMILES string of the molecule is c1ccc(CNc2ccc3nc([C@@H]4CCCN(Cc5cccnc5)C4)nn3c2)cc1. The van der Waals surface area contributed by atoms with Crippen LogP contribution in [0.5, 0.6) is 0 Å². The zero-order valence-corrected chi connectivity index (χ0v) is 17.0. The maximum Gasteiger partial charge on any atom is 0.156 e. The van der Waals surface area contributed by atoms with E-state index in [0.717, 1.165) is 49.8 Å². The highest BCUT2D eigenvalue weighted by Crippen LogP contribution is 2.26. The van der Waals surface area contributed by atoms with Gasteiger partial charge in [-0.25, -0.2) is 9.50 Å². The summed E-state index contributed by atoms with van der Waals surface area (Å²) >= 11 is 0. The van der Waals surface area contributed by atoms with Crippen LogP contribution >= 0.6 is 0 Å². The molecular weight excluding hydrogens is 372 g/mol. The summed E-state index contributed by atoms with van der Waals surface area (Å²) in [4.78, 5) is 11.6. The van der Waals surface area contributed by atoms with E-state index in [-0.39, 0.29) is 0 Å². The second kappa shape index (κ2) is 8.63. The first kappa shape index (κ1) is 18.8. The van der Waals surface area contributed by atoms with E-state index in [1.807, 2.05) is 41.3 Å². The van der Waals surface area contributed by atoms with Gasteiger partial charge in [-0.3, -0.25) is 9.88 Å². The fourth-order valence-corrected chi connectivity index (χ4v) is 4.14. The Morgan fingerprint density at radius 2 is 1.90 bits per heavy atom. The van der Waals surface area contributed by atoms with E-state index in [2.05, 4.69) is 51.6 Å². The third kappa shape index (κ3) is 4.33. The molecule has 0 unspecified atom stereocenters. The highest BCUT2D eigenvalue weighted by atomic mass is 15.3. The molecule has 30 heavy (non-hydrogen) atoms. The first-order valence-electron chi connectivity index (χ1n) is 10.6. The van der Waals surface area contributed by atoms with Crippen LogP contribution in [0.2, 0.25) is 0 Å². The molecule has 152 valence electrons. The zero-order valence-electron chi connectivity index (χ0n) is 17.0. The van der Waals surface area contributed by atoms with Gasteiger partial charge in [-0.2, -0.15) is 5.10 Å². The number of piperidine rings is 1. The second-order valence-corrected chi connectivity index (χ2v) is 7.97. The summed E-state index contributed by atoms with van der Waals surface area (Å²) in [6.45, 7) is 3.84. The fourth-order valence-electron chi connectivity index (χ4n) is 4.14. The molecule has 0 radical (unpaired) electrons. The molecule has 1 aromatic carbocycles. The van der Waals surface area contributed by atoms with Crippen LogP contribution in [0.3, 0.4) is 0 Å². The van der Waals surface area contributed by atoms with Gasteiger partial charge in [0.05, 0.1) is 11.9 Å². The van der Waals surface area contributed by atoms with Crippen LogP contribution < -0.4 is 5.32 Å². The number of fused-ring (bicyclic) bond motifs is 1. The molecule has 1 atom stereocenters. The molecule has 5 rings (SSSR count). The number of benzene rings is 1. The molecule has 6 heteroatoms. The lowest BCUT2D eigenvalue weighted by atomic mass is 9.97. The van der Waals surface area contributed by atoms with Gasteiger partial charge >= 0.3 is 0 Å². The van der Waals surface area contributed by atoms with E-state index in [1.165, 1.54) is 17.5 Å². The van der Waals surface area contributed by atoms with Crippen LogP contribution in [0, 0.1) is 0 Å². The topological polar surface area (TPSA) is 58.4 Å². The molecule has 6 nitrogen and oxygen atoms in total. The smallest absolute Gasteiger partial charge is 0.156 e. The maximum atomic E-state index is 4.82. The van der Waals surface area contributed by atoms with Gasteiger partial charge < -0.3 is 5.32 Å². The number of anilines is 1. The normalized spacial score (nSPS) is 17.3.